The molecule has 3 rings (SSSR count). The topological polar surface area (TPSA) is 67.2 Å². The van der Waals surface area contributed by atoms with Gasteiger partial charge < -0.3 is 9.73 Å². The fourth-order valence-corrected chi connectivity index (χ4v) is 2.55. The number of nitrogens with one attached hydrogen (secondary N) is 2. The average Bonchev–Trinajstić information content (AvgIpc) is 3.12. The number of anilines is 1. The molecule has 130 valence electrons. The maximum absolute atomic E-state index is 12.0. The van der Waals surface area contributed by atoms with E-state index in [9.17, 15) is 4.79 Å². The minimum absolute atomic E-state index is 0.166. The number of carbonyl (C=O) groups excluding carboxylic acids is 1. The van der Waals surface area contributed by atoms with E-state index in [-0.39, 0.29) is 11.0 Å². The highest BCUT2D eigenvalue weighted by atomic mass is 79.9. The minimum atomic E-state index is -0.364. The molecule has 0 bridgehead atoms. The molecule has 7 heteroatoms. The monoisotopic (exact) mass is 427 g/mol. The zero-order chi connectivity index (χ0) is 18.4. The molecule has 0 aliphatic carbocycles. The van der Waals surface area contributed by atoms with Gasteiger partial charge in [-0.25, -0.2) is 4.98 Å². The van der Waals surface area contributed by atoms with Crippen molar-refractivity contribution < 1.29 is 9.21 Å². The number of hydrogen-bond donors (Lipinski definition) is 2. The van der Waals surface area contributed by atoms with Gasteiger partial charge in [-0.1, -0.05) is 30.3 Å². The number of carbonyl (C=O) groups is 1. The molecule has 2 N–H and O–H groups in total. The maximum Gasteiger partial charge on any atom is 0.250 e. The van der Waals surface area contributed by atoms with Gasteiger partial charge in [0.25, 0.3) is 0 Å². The van der Waals surface area contributed by atoms with Crippen molar-refractivity contribution >= 4 is 51.1 Å². The SMILES string of the molecule is O=C(/C=C/c1ccc(-c2ccccc2)o1)NC(=S)Nc1ccc(Br)cn1. The van der Waals surface area contributed by atoms with Gasteiger partial charge in [-0.3, -0.25) is 10.1 Å². The predicted molar refractivity (Wildman–Crippen MR) is 109 cm³/mol. The zero-order valence-electron chi connectivity index (χ0n) is 13.5. The lowest BCUT2D eigenvalue weighted by molar-refractivity contribution is -0.115. The summed E-state index contributed by atoms with van der Waals surface area (Å²) in [6.45, 7) is 0. The third-order valence-corrected chi connectivity index (χ3v) is 3.96. The van der Waals surface area contributed by atoms with Gasteiger partial charge in [0.15, 0.2) is 5.11 Å². The number of amides is 1. The largest absolute Gasteiger partial charge is 0.457 e. The average molecular weight is 428 g/mol. The minimum Gasteiger partial charge on any atom is -0.457 e. The first-order chi connectivity index (χ1) is 12.6. The van der Waals surface area contributed by atoms with Gasteiger partial charge in [0.05, 0.1) is 0 Å². The summed E-state index contributed by atoms with van der Waals surface area (Å²) in [4.78, 5) is 16.1. The molecular formula is C19H14BrN3O2S. The van der Waals surface area contributed by atoms with Crippen LogP contribution in [0.25, 0.3) is 17.4 Å². The summed E-state index contributed by atoms with van der Waals surface area (Å²) in [6.07, 6.45) is 4.58. The second kappa shape index (κ2) is 8.55. The number of pyridine rings is 1. The Kier molecular flexibility index (Phi) is 5.93. The van der Waals surface area contributed by atoms with E-state index in [0.717, 1.165) is 15.8 Å². The van der Waals surface area contributed by atoms with Crippen LogP contribution in [0.4, 0.5) is 5.82 Å². The molecule has 2 aromatic heterocycles. The lowest BCUT2D eigenvalue weighted by Crippen LogP contribution is -2.33. The quantitative estimate of drug-likeness (QED) is 0.469. The molecule has 5 nitrogen and oxygen atoms in total. The van der Waals surface area contributed by atoms with Crippen molar-refractivity contribution in [1.29, 1.82) is 0 Å². The first kappa shape index (κ1) is 18.0. The Morgan fingerprint density at radius 3 is 2.65 bits per heavy atom. The molecule has 26 heavy (non-hydrogen) atoms. The molecule has 0 aliphatic rings. The van der Waals surface area contributed by atoms with E-state index in [0.29, 0.717) is 11.6 Å². The smallest absolute Gasteiger partial charge is 0.250 e. The lowest BCUT2D eigenvalue weighted by atomic mass is 10.2. The van der Waals surface area contributed by atoms with Gasteiger partial charge in [-0.15, -0.1) is 0 Å². The summed E-state index contributed by atoms with van der Waals surface area (Å²) in [5.74, 6) is 1.50. The molecule has 0 saturated carbocycles. The van der Waals surface area contributed by atoms with E-state index in [1.165, 1.54) is 6.08 Å². The van der Waals surface area contributed by atoms with Crippen molar-refractivity contribution in [3.05, 3.63) is 77.1 Å². The van der Waals surface area contributed by atoms with E-state index in [1.54, 1.807) is 24.4 Å². The maximum atomic E-state index is 12.0. The number of rotatable bonds is 4. The normalized spacial score (nSPS) is 10.7. The highest BCUT2D eigenvalue weighted by Gasteiger charge is 2.05. The van der Waals surface area contributed by atoms with Crippen LogP contribution in [-0.2, 0) is 4.79 Å². The Bertz CT molecular complexity index is 937. The number of furan rings is 1. The second-order valence-corrected chi connectivity index (χ2v) is 6.53. The molecule has 0 unspecified atom stereocenters. The van der Waals surface area contributed by atoms with Crippen molar-refractivity contribution in [2.24, 2.45) is 0 Å². The number of benzene rings is 1. The highest BCUT2D eigenvalue weighted by molar-refractivity contribution is 9.10. The number of halogens is 1. The lowest BCUT2D eigenvalue weighted by Gasteiger charge is -2.06. The van der Waals surface area contributed by atoms with Crippen molar-refractivity contribution in [3.63, 3.8) is 0 Å². The van der Waals surface area contributed by atoms with Gasteiger partial charge in [0, 0.05) is 22.3 Å². The van der Waals surface area contributed by atoms with Gasteiger partial charge in [-0.2, -0.15) is 0 Å². The van der Waals surface area contributed by atoms with Crippen LogP contribution >= 0.6 is 28.1 Å². The number of hydrogen-bond acceptors (Lipinski definition) is 4. The standard InChI is InChI=1S/C19H14BrN3O2S/c20-14-6-10-17(21-12-14)22-19(26)23-18(24)11-8-15-7-9-16(25-15)13-4-2-1-3-5-13/h1-12H,(H2,21,22,23,24,26)/b11-8+. The first-order valence-corrected chi connectivity index (χ1v) is 8.87. The second-order valence-electron chi connectivity index (χ2n) is 5.21. The molecule has 1 aromatic carbocycles. The van der Waals surface area contributed by atoms with Gasteiger partial charge in [0.2, 0.25) is 5.91 Å². The van der Waals surface area contributed by atoms with Crippen LogP contribution in [0.3, 0.4) is 0 Å². The van der Waals surface area contributed by atoms with Crippen LogP contribution in [0.1, 0.15) is 5.76 Å². The fourth-order valence-electron chi connectivity index (χ4n) is 2.11. The third kappa shape index (κ3) is 5.11. The summed E-state index contributed by atoms with van der Waals surface area (Å²) < 4.78 is 6.56. The Morgan fingerprint density at radius 2 is 1.92 bits per heavy atom. The van der Waals surface area contributed by atoms with Crippen LogP contribution in [0.5, 0.6) is 0 Å². The Labute approximate surface area is 164 Å². The Morgan fingerprint density at radius 1 is 1.12 bits per heavy atom. The molecule has 1 amide bonds. The predicted octanol–water partition coefficient (Wildman–Crippen LogP) is 4.63. The van der Waals surface area contributed by atoms with Crippen LogP contribution in [0, 0.1) is 0 Å². The summed E-state index contributed by atoms with van der Waals surface area (Å²) >= 11 is 8.39. The molecule has 0 radical (unpaired) electrons. The molecule has 0 saturated heterocycles. The summed E-state index contributed by atoms with van der Waals surface area (Å²) in [5.41, 5.74) is 0.976. The van der Waals surface area contributed by atoms with Crippen LogP contribution in [-0.4, -0.2) is 16.0 Å². The van der Waals surface area contributed by atoms with E-state index in [1.807, 2.05) is 42.5 Å². The fraction of sp³-hybridized carbons (Fsp3) is 0. The van der Waals surface area contributed by atoms with Crippen molar-refractivity contribution in [3.8, 4) is 11.3 Å². The summed E-state index contributed by atoms with van der Waals surface area (Å²) in [6, 6.07) is 17.0. The van der Waals surface area contributed by atoms with Crippen LogP contribution in [0.2, 0.25) is 0 Å². The van der Waals surface area contributed by atoms with E-state index in [4.69, 9.17) is 16.6 Å². The van der Waals surface area contributed by atoms with Gasteiger partial charge in [-0.05, 0) is 58.5 Å². The third-order valence-electron chi connectivity index (χ3n) is 3.29. The van der Waals surface area contributed by atoms with E-state index >= 15 is 0 Å². The van der Waals surface area contributed by atoms with Crippen molar-refractivity contribution in [1.82, 2.24) is 10.3 Å². The molecular weight excluding hydrogens is 414 g/mol. The van der Waals surface area contributed by atoms with Crippen molar-refractivity contribution in [2.75, 3.05) is 5.32 Å². The first-order valence-electron chi connectivity index (χ1n) is 7.67. The van der Waals surface area contributed by atoms with Gasteiger partial charge in [0.1, 0.15) is 17.3 Å². The molecule has 2 heterocycles. The van der Waals surface area contributed by atoms with E-state index < -0.39 is 0 Å². The molecule has 0 fully saturated rings. The highest BCUT2D eigenvalue weighted by Crippen LogP contribution is 2.22. The number of thiocarbonyl (C=S) groups is 1. The van der Waals surface area contributed by atoms with Crippen molar-refractivity contribution in [2.45, 2.75) is 0 Å². The molecule has 0 aliphatic heterocycles. The van der Waals surface area contributed by atoms with Crippen LogP contribution in [0.15, 0.2) is 75.8 Å². The Balaban J connectivity index is 1.55. The Hall–Kier alpha value is -2.77. The number of nitrogens with zero attached hydrogens (tertiary/aromatic N) is 1. The summed E-state index contributed by atoms with van der Waals surface area (Å²) in [7, 11) is 0. The molecule has 3 aromatic rings. The molecule has 0 spiro atoms. The van der Waals surface area contributed by atoms with Crippen LogP contribution < -0.4 is 10.6 Å². The summed E-state index contributed by atoms with van der Waals surface area (Å²) in [5, 5.41) is 5.55. The molecule has 0 atom stereocenters. The zero-order valence-corrected chi connectivity index (χ0v) is 15.9. The van der Waals surface area contributed by atoms with Gasteiger partial charge >= 0.3 is 0 Å². The van der Waals surface area contributed by atoms with E-state index in [2.05, 4.69) is 31.5 Å². The number of aromatic nitrogens is 1.